The molecule has 0 aliphatic rings. The second-order valence-electron chi connectivity index (χ2n) is 4.69. The fraction of sp³-hybridized carbons (Fsp3) is 0.636. The van der Waals surface area contributed by atoms with Crippen LogP contribution < -0.4 is 10.6 Å². The summed E-state index contributed by atoms with van der Waals surface area (Å²) in [4.78, 5) is 10.6. The Balaban J connectivity index is 2.78. The molecular weight excluding hydrogens is 188 g/mol. The van der Waals surface area contributed by atoms with Crippen molar-refractivity contribution < 1.29 is 0 Å². The maximum absolute atomic E-state index is 5.71. The predicted octanol–water partition coefficient (Wildman–Crippen LogP) is 1.21. The van der Waals surface area contributed by atoms with E-state index in [1.54, 1.807) is 12.4 Å². The monoisotopic (exact) mass is 208 g/mol. The number of hydrogen-bond acceptors (Lipinski definition) is 4. The van der Waals surface area contributed by atoms with Crippen molar-refractivity contribution >= 4 is 5.82 Å². The molecule has 1 heterocycles. The molecule has 0 saturated heterocycles. The van der Waals surface area contributed by atoms with Gasteiger partial charge in [-0.1, -0.05) is 13.8 Å². The van der Waals surface area contributed by atoms with Gasteiger partial charge in [0.1, 0.15) is 5.82 Å². The van der Waals surface area contributed by atoms with Crippen molar-refractivity contribution in [1.82, 2.24) is 9.97 Å². The van der Waals surface area contributed by atoms with Gasteiger partial charge in [-0.15, -0.1) is 0 Å². The highest BCUT2D eigenvalue weighted by Crippen LogP contribution is 2.19. The molecule has 4 nitrogen and oxygen atoms in total. The third-order valence-corrected chi connectivity index (χ3v) is 2.43. The first-order valence-electron chi connectivity index (χ1n) is 5.15. The summed E-state index contributed by atoms with van der Waals surface area (Å²) in [6.07, 6.45) is 3.43. The Morgan fingerprint density at radius 3 is 2.47 bits per heavy atom. The number of rotatable bonds is 4. The van der Waals surface area contributed by atoms with Gasteiger partial charge >= 0.3 is 0 Å². The highest BCUT2D eigenvalue weighted by Gasteiger charge is 2.19. The van der Waals surface area contributed by atoms with E-state index in [1.165, 1.54) is 0 Å². The molecule has 0 spiro atoms. The minimum atomic E-state index is 0.0959. The molecule has 0 bridgehead atoms. The van der Waals surface area contributed by atoms with Crippen molar-refractivity contribution in [3.63, 3.8) is 0 Å². The molecule has 0 aromatic carbocycles. The van der Waals surface area contributed by atoms with Crippen LogP contribution in [0.5, 0.6) is 0 Å². The van der Waals surface area contributed by atoms with Crippen LogP contribution in [0.2, 0.25) is 0 Å². The van der Waals surface area contributed by atoms with E-state index in [1.807, 2.05) is 14.0 Å². The normalized spacial score (nSPS) is 11.5. The molecule has 1 aromatic rings. The zero-order chi connectivity index (χ0) is 11.5. The van der Waals surface area contributed by atoms with Crippen molar-refractivity contribution in [1.29, 1.82) is 0 Å². The van der Waals surface area contributed by atoms with Crippen LogP contribution in [0.1, 0.15) is 19.5 Å². The molecule has 15 heavy (non-hydrogen) atoms. The highest BCUT2D eigenvalue weighted by molar-refractivity contribution is 5.41. The lowest BCUT2D eigenvalue weighted by Gasteiger charge is -2.30. The summed E-state index contributed by atoms with van der Waals surface area (Å²) in [7, 11) is 2.02. The van der Waals surface area contributed by atoms with Gasteiger partial charge in [0, 0.05) is 26.0 Å². The van der Waals surface area contributed by atoms with Gasteiger partial charge in [0.25, 0.3) is 0 Å². The smallest absolute Gasteiger partial charge is 0.149 e. The van der Waals surface area contributed by atoms with Crippen LogP contribution in [0.3, 0.4) is 0 Å². The summed E-state index contributed by atoms with van der Waals surface area (Å²) in [5.74, 6) is 0.930. The van der Waals surface area contributed by atoms with Crippen LogP contribution in [0.15, 0.2) is 12.4 Å². The third kappa shape index (κ3) is 3.16. The quantitative estimate of drug-likeness (QED) is 0.808. The first kappa shape index (κ1) is 11.9. The number of aryl methyl sites for hydroxylation is 1. The molecule has 1 aromatic heterocycles. The van der Waals surface area contributed by atoms with Gasteiger partial charge in [-0.25, -0.2) is 4.98 Å². The van der Waals surface area contributed by atoms with Crippen molar-refractivity contribution in [2.75, 3.05) is 25.0 Å². The van der Waals surface area contributed by atoms with E-state index in [-0.39, 0.29) is 5.41 Å². The number of aromatic nitrogens is 2. The first-order valence-corrected chi connectivity index (χ1v) is 5.15. The van der Waals surface area contributed by atoms with Gasteiger partial charge < -0.3 is 10.6 Å². The molecule has 1 rings (SSSR count). The number of nitrogens with zero attached hydrogens (tertiary/aromatic N) is 3. The molecule has 0 saturated carbocycles. The third-order valence-electron chi connectivity index (χ3n) is 2.43. The van der Waals surface area contributed by atoms with Gasteiger partial charge in [-0.2, -0.15) is 0 Å². The summed E-state index contributed by atoms with van der Waals surface area (Å²) in [6, 6.07) is 0. The molecule has 0 radical (unpaired) electrons. The van der Waals surface area contributed by atoms with E-state index >= 15 is 0 Å². The molecule has 4 heteroatoms. The molecular formula is C11H20N4. The van der Waals surface area contributed by atoms with Crippen LogP contribution in [0.25, 0.3) is 0 Å². The van der Waals surface area contributed by atoms with Crippen molar-refractivity contribution in [3.8, 4) is 0 Å². The number of hydrogen-bond donors (Lipinski definition) is 1. The number of anilines is 1. The van der Waals surface area contributed by atoms with Crippen molar-refractivity contribution in [2.24, 2.45) is 11.1 Å². The van der Waals surface area contributed by atoms with E-state index in [4.69, 9.17) is 5.73 Å². The SMILES string of the molecule is Cc1nccnc1N(C)CC(C)(C)CN. The van der Waals surface area contributed by atoms with E-state index in [0.29, 0.717) is 6.54 Å². The topological polar surface area (TPSA) is 55.0 Å². The Bertz CT molecular complexity index is 322. The zero-order valence-corrected chi connectivity index (χ0v) is 9.99. The van der Waals surface area contributed by atoms with Crippen molar-refractivity contribution in [2.45, 2.75) is 20.8 Å². The van der Waals surface area contributed by atoms with E-state index < -0.39 is 0 Å². The lowest BCUT2D eigenvalue weighted by Crippen LogP contribution is -2.37. The van der Waals surface area contributed by atoms with Gasteiger partial charge in [0.05, 0.1) is 5.69 Å². The lowest BCUT2D eigenvalue weighted by molar-refractivity contribution is 0.384. The largest absolute Gasteiger partial charge is 0.358 e. The van der Waals surface area contributed by atoms with Gasteiger partial charge in [-0.3, -0.25) is 4.98 Å². The maximum Gasteiger partial charge on any atom is 0.149 e. The summed E-state index contributed by atoms with van der Waals surface area (Å²) < 4.78 is 0. The van der Waals surface area contributed by atoms with E-state index in [2.05, 4.69) is 28.7 Å². The Morgan fingerprint density at radius 1 is 1.33 bits per heavy atom. The van der Waals surface area contributed by atoms with Crippen LogP contribution in [-0.2, 0) is 0 Å². The fourth-order valence-electron chi connectivity index (χ4n) is 1.56. The molecule has 2 N–H and O–H groups in total. The van der Waals surface area contributed by atoms with Crippen LogP contribution in [-0.4, -0.2) is 30.1 Å². The zero-order valence-electron chi connectivity index (χ0n) is 9.99. The average molecular weight is 208 g/mol. The second-order valence-corrected chi connectivity index (χ2v) is 4.69. The Kier molecular flexibility index (Phi) is 3.63. The molecule has 84 valence electrons. The minimum absolute atomic E-state index is 0.0959. The Hall–Kier alpha value is -1.16. The standard InChI is InChI=1S/C11H20N4/c1-9-10(14-6-5-13-9)15(4)8-11(2,3)7-12/h5-6H,7-8,12H2,1-4H3. The lowest BCUT2D eigenvalue weighted by atomic mass is 9.93. The predicted molar refractivity (Wildman–Crippen MR) is 62.9 cm³/mol. The van der Waals surface area contributed by atoms with Crippen molar-refractivity contribution in [3.05, 3.63) is 18.1 Å². The first-order chi connectivity index (χ1) is 6.96. The molecule has 0 amide bonds. The minimum Gasteiger partial charge on any atom is -0.358 e. The van der Waals surface area contributed by atoms with Crippen LogP contribution >= 0.6 is 0 Å². The average Bonchev–Trinajstić information content (AvgIpc) is 2.17. The maximum atomic E-state index is 5.71. The molecule has 0 aliphatic carbocycles. The second kappa shape index (κ2) is 4.57. The van der Waals surface area contributed by atoms with Gasteiger partial charge in [0.2, 0.25) is 0 Å². The summed E-state index contributed by atoms with van der Waals surface area (Å²) in [6.45, 7) is 7.80. The highest BCUT2D eigenvalue weighted by atomic mass is 15.2. The Morgan fingerprint density at radius 2 is 1.93 bits per heavy atom. The molecule has 0 unspecified atom stereocenters. The summed E-state index contributed by atoms with van der Waals surface area (Å²) in [5.41, 5.74) is 6.76. The molecule has 0 atom stereocenters. The summed E-state index contributed by atoms with van der Waals surface area (Å²) in [5, 5.41) is 0. The van der Waals surface area contributed by atoms with Gasteiger partial charge in [0.15, 0.2) is 0 Å². The molecule has 0 aliphatic heterocycles. The van der Waals surface area contributed by atoms with Crippen LogP contribution in [0.4, 0.5) is 5.82 Å². The van der Waals surface area contributed by atoms with E-state index in [0.717, 1.165) is 18.1 Å². The van der Waals surface area contributed by atoms with Gasteiger partial charge in [-0.05, 0) is 18.9 Å². The Labute approximate surface area is 91.5 Å². The van der Waals surface area contributed by atoms with Crippen LogP contribution in [0, 0.1) is 12.3 Å². The summed E-state index contributed by atoms with van der Waals surface area (Å²) >= 11 is 0. The van der Waals surface area contributed by atoms with E-state index in [9.17, 15) is 0 Å². The molecule has 0 fully saturated rings. The fourth-order valence-corrected chi connectivity index (χ4v) is 1.56. The number of nitrogens with two attached hydrogens (primary N) is 1.